The molecule has 1 atom stereocenters. The number of hydrogen-bond acceptors (Lipinski definition) is 7. The molecule has 8 nitrogen and oxygen atoms in total. The number of carboxylic acid groups (broad SMARTS) is 1. The van der Waals surface area contributed by atoms with Crippen LogP contribution in [0.1, 0.15) is 31.5 Å². The van der Waals surface area contributed by atoms with Crippen molar-refractivity contribution in [3.8, 4) is 17.0 Å². The van der Waals surface area contributed by atoms with Crippen molar-refractivity contribution in [2.45, 2.75) is 10.1 Å². The van der Waals surface area contributed by atoms with Gasteiger partial charge in [-0.05, 0) is 65.5 Å². The third kappa shape index (κ3) is 6.78. The third-order valence-electron chi connectivity index (χ3n) is 7.19. The van der Waals surface area contributed by atoms with Crippen LogP contribution in [0.15, 0.2) is 126 Å². The zero-order chi connectivity index (χ0) is 32.0. The molecule has 1 unspecified atom stereocenters. The van der Waals surface area contributed by atoms with Crippen molar-refractivity contribution < 1.29 is 24.2 Å². The van der Waals surface area contributed by atoms with Crippen LogP contribution in [-0.2, 0) is 4.79 Å². The van der Waals surface area contributed by atoms with Gasteiger partial charge in [-0.2, -0.15) is 0 Å². The van der Waals surface area contributed by atoms with E-state index in [0.29, 0.717) is 21.6 Å². The maximum atomic E-state index is 13.7. The quantitative estimate of drug-likeness (QED) is 0.128. The van der Waals surface area contributed by atoms with E-state index in [0.717, 1.165) is 27.5 Å². The van der Waals surface area contributed by atoms with E-state index in [9.17, 15) is 19.5 Å². The van der Waals surface area contributed by atoms with Crippen molar-refractivity contribution in [1.29, 1.82) is 0 Å². The Morgan fingerprint density at radius 2 is 1.54 bits per heavy atom. The summed E-state index contributed by atoms with van der Waals surface area (Å²) in [6.07, 6.45) is 0. The molecule has 228 valence electrons. The molecule has 1 heterocycles. The molecule has 0 fully saturated rings. The zero-order valence-electron chi connectivity index (χ0n) is 24.5. The second-order valence-electron chi connectivity index (χ2n) is 10.2. The number of aromatic carboxylic acids is 1. The molecule has 0 aliphatic rings. The van der Waals surface area contributed by atoms with Crippen LogP contribution >= 0.6 is 23.1 Å². The van der Waals surface area contributed by atoms with Gasteiger partial charge >= 0.3 is 5.97 Å². The Morgan fingerprint density at radius 3 is 2.26 bits per heavy atom. The van der Waals surface area contributed by atoms with Crippen molar-refractivity contribution in [3.63, 3.8) is 0 Å². The summed E-state index contributed by atoms with van der Waals surface area (Å²) in [5.41, 5.74) is 3.29. The fraction of sp³-hybridized carbons (Fsp3) is 0.0556. The molecular weight excluding hydrogens is 619 g/mol. The van der Waals surface area contributed by atoms with Gasteiger partial charge in [0, 0.05) is 32.5 Å². The number of ether oxygens (including phenoxy) is 1. The number of hydrogen-bond donors (Lipinski definition) is 3. The van der Waals surface area contributed by atoms with E-state index < -0.39 is 17.1 Å². The Labute approximate surface area is 273 Å². The topological polar surface area (TPSA) is 118 Å². The van der Waals surface area contributed by atoms with E-state index in [4.69, 9.17) is 4.74 Å². The van der Waals surface area contributed by atoms with Gasteiger partial charge in [0.2, 0.25) is 5.91 Å². The number of amides is 2. The smallest absolute Gasteiger partial charge is 0.336 e. The highest BCUT2D eigenvalue weighted by Crippen LogP contribution is 2.38. The number of anilines is 2. The molecule has 1 aromatic heterocycles. The lowest BCUT2D eigenvalue weighted by molar-refractivity contribution is -0.115. The maximum Gasteiger partial charge on any atom is 0.336 e. The maximum absolute atomic E-state index is 13.7. The van der Waals surface area contributed by atoms with Crippen LogP contribution in [0.2, 0.25) is 0 Å². The summed E-state index contributed by atoms with van der Waals surface area (Å²) < 4.78 is 5.24. The number of aromatic nitrogens is 1. The minimum atomic E-state index is -1.11. The average Bonchev–Trinajstić information content (AvgIpc) is 3.55. The molecule has 0 saturated heterocycles. The average molecular weight is 646 g/mol. The van der Waals surface area contributed by atoms with Crippen LogP contribution < -0.4 is 15.4 Å². The first kappa shape index (κ1) is 30.6. The number of nitrogens with one attached hydrogen (secondary N) is 2. The number of carbonyl (C=O) groups is 3. The lowest BCUT2D eigenvalue weighted by Gasteiger charge is -2.17. The van der Waals surface area contributed by atoms with E-state index in [1.165, 1.54) is 29.2 Å². The molecule has 0 aliphatic heterocycles. The standard InChI is InChI=1S/C36H27N3O5S2/c1-44-26-18-16-22(17-19-26)30-21-45-36(38-30)39-34(41)32(24-8-3-2-4-9-24)46-27-13-7-12-25(20-27)37-33(40)28-14-5-10-23-11-6-15-29(31(23)28)35(42)43/h2-21,32H,1H3,(H,37,40)(H,42,43)(H,38,39,41). The zero-order valence-corrected chi connectivity index (χ0v) is 26.1. The second kappa shape index (κ2) is 13.7. The van der Waals surface area contributed by atoms with Gasteiger partial charge in [0.25, 0.3) is 5.91 Å². The number of carbonyl (C=O) groups excluding carboxylic acids is 2. The predicted molar refractivity (Wildman–Crippen MR) is 183 cm³/mol. The normalized spacial score (nSPS) is 11.5. The number of benzene rings is 5. The third-order valence-corrected chi connectivity index (χ3v) is 9.19. The van der Waals surface area contributed by atoms with Gasteiger partial charge in [-0.15, -0.1) is 23.1 Å². The summed E-state index contributed by atoms with van der Waals surface area (Å²) in [7, 11) is 1.61. The van der Waals surface area contributed by atoms with Gasteiger partial charge in [-0.25, -0.2) is 9.78 Å². The number of carboxylic acids is 1. The van der Waals surface area contributed by atoms with Crippen molar-refractivity contribution in [2.24, 2.45) is 0 Å². The van der Waals surface area contributed by atoms with Crippen molar-refractivity contribution in [2.75, 3.05) is 17.7 Å². The molecule has 0 spiro atoms. The molecule has 0 bridgehead atoms. The summed E-state index contributed by atoms with van der Waals surface area (Å²) in [4.78, 5) is 44.4. The van der Waals surface area contributed by atoms with Crippen LogP contribution in [0.4, 0.5) is 10.8 Å². The Hall–Kier alpha value is -5.45. The molecule has 6 rings (SSSR count). The van der Waals surface area contributed by atoms with E-state index >= 15 is 0 Å². The first-order valence-corrected chi connectivity index (χ1v) is 15.9. The van der Waals surface area contributed by atoms with Crippen LogP contribution in [-0.4, -0.2) is 35.0 Å². The Morgan fingerprint density at radius 1 is 0.826 bits per heavy atom. The molecule has 0 saturated carbocycles. The van der Waals surface area contributed by atoms with Gasteiger partial charge < -0.3 is 20.5 Å². The minimum Gasteiger partial charge on any atom is -0.497 e. The molecule has 3 N–H and O–H groups in total. The monoisotopic (exact) mass is 645 g/mol. The van der Waals surface area contributed by atoms with Crippen LogP contribution in [0.3, 0.4) is 0 Å². The summed E-state index contributed by atoms with van der Waals surface area (Å²) in [6, 6.07) is 34.2. The van der Waals surface area contributed by atoms with Crippen LogP contribution in [0, 0.1) is 0 Å². The molecule has 0 aliphatic carbocycles. The molecule has 10 heteroatoms. The van der Waals surface area contributed by atoms with Crippen LogP contribution in [0.5, 0.6) is 5.75 Å². The largest absolute Gasteiger partial charge is 0.497 e. The number of thioether (sulfide) groups is 1. The number of thiazole rings is 1. The summed E-state index contributed by atoms with van der Waals surface area (Å²) >= 11 is 2.69. The summed E-state index contributed by atoms with van der Waals surface area (Å²) in [6.45, 7) is 0. The minimum absolute atomic E-state index is 0.0561. The lowest BCUT2D eigenvalue weighted by Crippen LogP contribution is -2.19. The highest BCUT2D eigenvalue weighted by molar-refractivity contribution is 8.00. The van der Waals surface area contributed by atoms with Crippen molar-refractivity contribution in [3.05, 3.63) is 137 Å². The van der Waals surface area contributed by atoms with Gasteiger partial charge in [0.05, 0.1) is 18.4 Å². The molecule has 0 radical (unpaired) electrons. The second-order valence-corrected chi connectivity index (χ2v) is 12.2. The van der Waals surface area contributed by atoms with Crippen molar-refractivity contribution >= 4 is 62.5 Å². The Kier molecular flexibility index (Phi) is 9.09. The molecule has 2 amide bonds. The fourth-order valence-corrected chi connectivity index (χ4v) is 6.79. The fourth-order valence-electron chi connectivity index (χ4n) is 4.99. The summed E-state index contributed by atoms with van der Waals surface area (Å²) in [5.74, 6) is -1.03. The first-order chi connectivity index (χ1) is 22.4. The number of methoxy groups -OCH3 is 1. The Balaban J connectivity index is 1.22. The van der Waals surface area contributed by atoms with Gasteiger partial charge in [0.15, 0.2) is 5.13 Å². The first-order valence-electron chi connectivity index (χ1n) is 14.2. The van der Waals surface area contributed by atoms with E-state index in [1.807, 2.05) is 66.0 Å². The number of rotatable bonds is 10. The molecular formula is C36H27N3O5S2. The van der Waals surface area contributed by atoms with Gasteiger partial charge in [-0.1, -0.05) is 60.7 Å². The van der Waals surface area contributed by atoms with E-state index in [2.05, 4.69) is 15.6 Å². The molecule has 46 heavy (non-hydrogen) atoms. The summed E-state index contributed by atoms with van der Waals surface area (Å²) in [5, 5.41) is 18.4. The highest BCUT2D eigenvalue weighted by Gasteiger charge is 2.24. The van der Waals surface area contributed by atoms with Gasteiger partial charge in [0.1, 0.15) is 11.0 Å². The van der Waals surface area contributed by atoms with Crippen LogP contribution in [0.25, 0.3) is 22.0 Å². The van der Waals surface area contributed by atoms with E-state index in [-0.39, 0.29) is 17.0 Å². The number of fused-ring (bicyclic) bond motifs is 1. The Bertz CT molecular complexity index is 2040. The van der Waals surface area contributed by atoms with Crippen molar-refractivity contribution in [1.82, 2.24) is 4.98 Å². The van der Waals surface area contributed by atoms with Gasteiger partial charge in [-0.3, -0.25) is 9.59 Å². The lowest BCUT2D eigenvalue weighted by atomic mass is 9.98. The number of nitrogens with zero attached hydrogens (tertiary/aromatic N) is 1. The van der Waals surface area contributed by atoms with E-state index in [1.54, 1.807) is 55.6 Å². The SMILES string of the molecule is COc1ccc(-c2csc(NC(=O)C(Sc3cccc(NC(=O)c4cccc5cccc(C(=O)O)c45)c3)c3ccccc3)n2)cc1. The predicted octanol–water partition coefficient (Wildman–Crippen LogP) is 8.39. The molecule has 5 aromatic carbocycles. The highest BCUT2D eigenvalue weighted by atomic mass is 32.2. The molecule has 6 aromatic rings.